The Labute approximate surface area is 210 Å². The number of para-hydroxylation sites is 1. The smallest absolute Gasteiger partial charge is 0.318 e. The van der Waals surface area contributed by atoms with Crippen LogP contribution in [0.3, 0.4) is 0 Å². The Balaban J connectivity index is 1.53. The number of aryl methyl sites for hydroxylation is 1. The molecular weight excluding hydrogens is 458 g/mol. The van der Waals surface area contributed by atoms with Gasteiger partial charge in [-0.1, -0.05) is 54.8 Å². The number of benzene rings is 2. The van der Waals surface area contributed by atoms with Crippen molar-refractivity contribution < 1.29 is 4.79 Å². The fourth-order valence-corrected chi connectivity index (χ4v) is 5.60. The van der Waals surface area contributed by atoms with E-state index in [-0.39, 0.29) is 18.1 Å². The summed E-state index contributed by atoms with van der Waals surface area (Å²) in [5.41, 5.74) is 4.99. The first-order valence-corrected chi connectivity index (χ1v) is 12.6. The molecule has 1 N–H and O–H groups in total. The second kappa shape index (κ2) is 8.93. The summed E-state index contributed by atoms with van der Waals surface area (Å²) in [6.07, 6.45) is 6.48. The Hall–Kier alpha value is -3.51. The standard InChI is InChI=1S/C28H28ClN5O/c1-19-24-18-33(28(35)30-22-8-5-6-9-22)26(20-13-15-21(29)16-14-20)25-12-7-17-32(25)27(24)34(31-19)23-10-3-2-4-11-23/h2-4,7,10-17,22,26H,5-6,8-9,18H2,1H3,(H,30,35). The molecule has 6 rings (SSSR count). The number of urea groups is 1. The van der Waals surface area contributed by atoms with Crippen molar-refractivity contribution in [2.24, 2.45) is 0 Å². The first-order valence-electron chi connectivity index (χ1n) is 12.2. The van der Waals surface area contributed by atoms with Gasteiger partial charge in [0.05, 0.1) is 29.7 Å². The molecule has 4 aromatic rings. The maximum atomic E-state index is 13.8. The van der Waals surface area contributed by atoms with Gasteiger partial charge in [0.15, 0.2) is 0 Å². The number of rotatable bonds is 3. The molecular formula is C28H28ClN5O. The highest BCUT2D eigenvalue weighted by Gasteiger charge is 2.36. The second-order valence-corrected chi connectivity index (χ2v) is 9.89. The minimum Gasteiger partial charge on any atom is -0.335 e. The highest BCUT2D eigenvalue weighted by Crippen LogP contribution is 2.38. The molecule has 0 radical (unpaired) electrons. The fraction of sp³-hybridized carbons (Fsp3) is 0.286. The molecule has 0 bridgehead atoms. The van der Waals surface area contributed by atoms with E-state index < -0.39 is 0 Å². The van der Waals surface area contributed by atoms with Gasteiger partial charge in [0.2, 0.25) is 0 Å². The minimum atomic E-state index is -0.264. The van der Waals surface area contributed by atoms with Gasteiger partial charge in [-0.25, -0.2) is 9.48 Å². The van der Waals surface area contributed by atoms with E-state index in [0.29, 0.717) is 11.6 Å². The number of nitrogens with one attached hydrogen (secondary N) is 1. The van der Waals surface area contributed by atoms with Crippen LogP contribution in [0.5, 0.6) is 0 Å². The Morgan fingerprint density at radius 1 is 1.00 bits per heavy atom. The number of hydrogen-bond acceptors (Lipinski definition) is 2. The predicted molar refractivity (Wildman–Crippen MR) is 137 cm³/mol. The molecule has 2 aliphatic rings. The molecule has 2 aromatic heterocycles. The van der Waals surface area contributed by atoms with Gasteiger partial charge in [-0.15, -0.1) is 0 Å². The van der Waals surface area contributed by atoms with Gasteiger partial charge in [0.1, 0.15) is 5.82 Å². The summed E-state index contributed by atoms with van der Waals surface area (Å²) in [6.45, 7) is 2.48. The van der Waals surface area contributed by atoms with Gasteiger partial charge in [0, 0.05) is 22.8 Å². The molecule has 1 unspecified atom stereocenters. The normalized spacial score (nSPS) is 17.7. The summed E-state index contributed by atoms with van der Waals surface area (Å²) in [6, 6.07) is 22.1. The van der Waals surface area contributed by atoms with Gasteiger partial charge >= 0.3 is 6.03 Å². The molecule has 2 amide bonds. The van der Waals surface area contributed by atoms with Gasteiger partial charge in [0.25, 0.3) is 0 Å². The average Bonchev–Trinajstić information content (AvgIpc) is 3.60. The quantitative estimate of drug-likeness (QED) is 0.376. The van der Waals surface area contributed by atoms with Crippen LogP contribution in [0.15, 0.2) is 72.9 Å². The number of nitrogens with zero attached hydrogens (tertiary/aromatic N) is 4. The van der Waals surface area contributed by atoms with Crippen molar-refractivity contribution in [3.8, 4) is 11.5 Å². The Kier molecular flexibility index (Phi) is 5.61. The zero-order valence-electron chi connectivity index (χ0n) is 19.7. The summed E-state index contributed by atoms with van der Waals surface area (Å²) in [5, 5.41) is 8.91. The lowest BCUT2D eigenvalue weighted by Crippen LogP contribution is -2.45. The van der Waals surface area contributed by atoms with Crippen molar-refractivity contribution in [2.45, 2.75) is 51.2 Å². The summed E-state index contributed by atoms with van der Waals surface area (Å²) < 4.78 is 4.18. The third kappa shape index (κ3) is 3.92. The van der Waals surface area contributed by atoms with Crippen molar-refractivity contribution in [3.63, 3.8) is 0 Å². The Bertz CT molecular complexity index is 1350. The van der Waals surface area contributed by atoms with E-state index in [4.69, 9.17) is 16.7 Å². The maximum Gasteiger partial charge on any atom is 0.318 e. The third-order valence-corrected chi connectivity index (χ3v) is 7.47. The van der Waals surface area contributed by atoms with Crippen molar-refractivity contribution in [2.75, 3.05) is 0 Å². The molecule has 1 aliphatic heterocycles. The van der Waals surface area contributed by atoms with Crippen molar-refractivity contribution in [3.05, 3.63) is 100 Å². The monoisotopic (exact) mass is 485 g/mol. The van der Waals surface area contributed by atoms with Gasteiger partial charge < -0.3 is 14.8 Å². The summed E-state index contributed by atoms with van der Waals surface area (Å²) in [7, 11) is 0. The number of carbonyl (C=O) groups excluding carboxylic acids is 1. The molecule has 3 heterocycles. The van der Waals surface area contributed by atoms with Crippen LogP contribution in [0.25, 0.3) is 11.5 Å². The summed E-state index contributed by atoms with van der Waals surface area (Å²) in [4.78, 5) is 15.8. The molecule has 1 fully saturated rings. The SMILES string of the molecule is Cc1nn(-c2ccccc2)c2c1CN(C(=O)NC1CCCC1)C(c1ccc(Cl)cc1)c1cccn1-2. The van der Waals surface area contributed by atoms with Crippen molar-refractivity contribution in [1.82, 2.24) is 24.6 Å². The molecule has 2 aromatic carbocycles. The van der Waals surface area contributed by atoms with Gasteiger partial charge in [-0.05, 0) is 61.7 Å². The van der Waals surface area contributed by atoms with Crippen LogP contribution in [0.4, 0.5) is 4.79 Å². The van der Waals surface area contributed by atoms with Crippen LogP contribution in [0.2, 0.25) is 5.02 Å². The van der Waals surface area contributed by atoms with E-state index in [1.54, 1.807) is 0 Å². The van der Waals surface area contributed by atoms with Crippen LogP contribution in [-0.4, -0.2) is 31.3 Å². The number of carbonyl (C=O) groups is 1. The zero-order valence-corrected chi connectivity index (χ0v) is 20.4. The topological polar surface area (TPSA) is 55.1 Å². The number of fused-ring (bicyclic) bond motifs is 3. The lowest BCUT2D eigenvalue weighted by Gasteiger charge is -2.32. The zero-order chi connectivity index (χ0) is 23.9. The highest BCUT2D eigenvalue weighted by molar-refractivity contribution is 6.30. The molecule has 1 saturated carbocycles. The Morgan fingerprint density at radius 3 is 2.49 bits per heavy atom. The Morgan fingerprint density at radius 2 is 1.74 bits per heavy atom. The molecule has 35 heavy (non-hydrogen) atoms. The number of hydrogen-bond donors (Lipinski definition) is 1. The molecule has 7 heteroatoms. The van der Waals surface area contributed by atoms with Crippen LogP contribution in [-0.2, 0) is 6.54 Å². The van der Waals surface area contributed by atoms with Crippen molar-refractivity contribution >= 4 is 17.6 Å². The molecule has 178 valence electrons. The predicted octanol–water partition coefficient (Wildman–Crippen LogP) is 6.18. The lowest BCUT2D eigenvalue weighted by atomic mass is 10.0. The largest absolute Gasteiger partial charge is 0.335 e. The minimum absolute atomic E-state index is 0.0377. The van der Waals surface area contributed by atoms with Gasteiger partial charge in [-0.3, -0.25) is 0 Å². The number of aromatic nitrogens is 3. The van der Waals surface area contributed by atoms with E-state index in [1.807, 2.05) is 65.0 Å². The summed E-state index contributed by atoms with van der Waals surface area (Å²) in [5.74, 6) is 0.976. The van der Waals surface area contributed by atoms with Crippen LogP contribution in [0, 0.1) is 6.92 Å². The first-order chi connectivity index (χ1) is 17.1. The van der Waals surface area contributed by atoms with Crippen LogP contribution in [0.1, 0.15) is 54.2 Å². The second-order valence-electron chi connectivity index (χ2n) is 9.45. The van der Waals surface area contributed by atoms with E-state index in [9.17, 15) is 4.79 Å². The van der Waals surface area contributed by atoms with E-state index in [0.717, 1.165) is 46.9 Å². The molecule has 1 atom stereocenters. The lowest BCUT2D eigenvalue weighted by molar-refractivity contribution is 0.176. The number of halogens is 1. The molecule has 0 saturated heterocycles. The number of amides is 2. The average molecular weight is 486 g/mol. The molecule has 1 aliphatic carbocycles. The summed E-state index contributed by atoms with van der Waals surface area (Å²) >= 11 is 6.23. The van der Waals surface area contributed by atoms with Crippen LogP contribution < -0.4 is 5.32 Å². The molecule has 0 spiro atoms. The van der Waals surface area contributed by atoms with E-state index in [1.165, 1.54) is 12.8 Å². The maximum absolute atomic E-state index is 13.8. The van der Waals surface area contributed by atoms with Gasteiger partial charge in [-0.2, -0.15) is 5.10 Å². The molecule has 6 nitrogen and oxygen atoms in total. The first kappa shape index (κ1) is 22.0. The highest BCUT2D eigenvalue weighted by atomic mass is 35.5. The van der Waals surface area contributed by atoms with E-state index >= 15 is 0 Å². The van der Waals surface area contributed by atoms with Crippen molar-refractivity contribution in [1.29, 1.82) is 0 Å². The van der Waals surface area contributed by atoms with E-state index in [2.05, 4.69) is 34.3 Å². The fourth-order valence-electron chi connectivity index (χ4n) is 5.47. The third-order valence-electron chi connectivity index (χ3n) is 7.22. The van der Waals surface area contributed by atoms with Crippen LogP contribution >= 0.6 is 11.6 Å².